The molecule has 0 aromatic heterocycles. The van der Waals surface area contributed by atoms with Gasteiger partial charge in [0.05, 0.1) is 12.7 Å². The molecule has 1 rings (SSSR count). The average molecular weight is 228 g/mol. The molecule has 0 aromatic rings. The molecule has 0 heterocycles. The second kappa shape index (κ2) is 8.08. The maximum absolute atomic E-state index is 9.99. The first-order chi connectivity index (χ1) is 7.74. The number of ether oxygens (including phenoxy) is 1. The Morgan fingerprint density at radius 2 is 1.88 bits per heavy atom. The van der Waals surface area contributed by atoms with Crippen molar-refractivity contribution in [3.8, 4) is 0 Å². The monoisotopic (exact) mass is 228 g/mol. The van der Waals surface area contributed by atoms with Crippen molar-refractivity contribution in [2.45, 2.75) is 64.9 Å². The van der Waals surface area contributed by atoms with E-state index < -0.39 is 0 Å². The highest BCUT2D eigenvalue weighted by Gasteiger charge is 2.21. The van der Waals surface area contributed by atoms with E-state index in [1.165, 1.54) is 44.9 Å². The van der Waals surface area contributed by atoms with Crippen molar-refractivity contribution >= 4 is 0 Å². The summed E-state index contributed by atoms with van der Waals surface area (Å²) in [4.78, 5) is 0. The topological polar surface area (TPSA) is 29.5 Å². The molecule has 2 heteroatoms. The van der Waals surface area contributed by atoms with Crippen LogP contribution in [0.3, 0.4) is 0 Å². The summed E-state index contributed by atoms with van der Waals surface area (Å²) in [5, 5.41) is 9.99. The average Bonchev–Trinajstić information content (AvgIpc) is 2.30. The summed E-state index contributed by atoms with van der Waals surface area (Å²) in [6.45, 7) is 5.76. The smallest absolute Gasteiger partial charge is 0.0801 e. The molecule has 2 atom stereocenters. The van der Waals surface area contributed by atoms with Crippen LogP contribution < -0.4 is 0 Å². The molecule has 0 aliphatic heterocycles. The fourth-order valence-corrected chi connectivity index (χ4v) is 2.62. The summed E-state index contributed by atoms with van der Waals surface area (Å²) < 4.78 is 5.61. The van der Waals surface area contributed by atoms with Crippen molar-refractivity contribution in [1.29, 1.82) is 0 Å². The molecule has 1 aliphatic carbocycles. The molecular formula is C14H28O2. The number of hydrogen-bond donors (Lipinski definition) is 1. The van der Waals surface area contributed by atoms with Gasteiger partial charge in [-0.15, -0.1) is 0 Å². The van der Waals surface area contributed by atoms with E-state index in [9.17, 15) is 5.11 Å². The lowest BCUT2D eigenvalue weighted by molar-refractivity contribution is -0.0140. The van der Waals surface area contributed by atoms with Gasteiger partial charge in [0, 0.05) is 6.61 Å². The molecule has 1 N–H and O–H groups in total. The van der Waals surface area contributed by atoms with Crippen molar-refractivity contribution in [1.82, 2.24) is 0 Å². The minimum absolute atomic E-state index is 0.228. The van der Waals surface area contributed by atoms with Gasteiger partial charge in [-0.3, -0.25) is 0 Å². The molecule has 96 valence electrons. The molecule has 1 fully saturated rings. The molecule has 0 radical (unpaired) electrons. The van der Waals surface area contributed by atoms with E-state index in [1.807, 2.05) is 0 Å². The second-order valence-electron chi connectivity index (χ2n) is 5.40. The highest BCUT2D eigenvalue weighted by atomic mass is 16.5. The van der Waals surface area contributed by atoms with Gasteiger partial charge in [0.2, 0.25) is 0 Å². The Kier molecular flexibility index (Phi) is 7.06. The van der Waals surface area contributed by atoms with E-state index in [0.29, 0.717) is 18.4 Å². The van der Waals surface area contributed by atoms with Crippen LogP contribution in [0.15, 0.2) is 0 Å². The van der Waals surface area contributed by atoms with E-state index in [4.69, 9.17) is 4.74 Å². The van der Waals surface area contributed by atoms with Crippen molar-refractivity contribution in [2.24, 2.45) is 11.8 Å². The van der Waals surface area contributed by atoms with Crippen LogP contribution in [0.1, 0.15) is 58.8 Å². The fraction of sp³-hybridized carbons (Fsp3) is 1.00. The van der Waals surface area contributed by atoms with Gasteiger partial charge >= 0.3 is 0 Å². The summed E-state index contributed by atoms with van der Waals surface area (Å²) in [6, 6.07) is 0. The SMILES string of the molecule is CCCC(C)COCC(O)C1CCCCC1. The maximum Gasteiger partial charge on any atom is 0.0801 e. The maximum atomic E-state index is 9.99. The van der Waals surface area contributed by atoms with Crippen LogP contribution in [-0.2, 0) is 4.74 Å². The Morgan fingerprint density at radius 3 is 2.50 bits per heavy atom. The van der Waals surface area contributed by atoms with Crippen LogP contribution >= 0.6 is 0 Å². The van der Waals surface area contributed by atoms with Crippen LogP contribution in [0.5, 0.6) is 0 Å². The first-order valence-electron chi connectivity index (χ1n) is 6.99. The standard InChI is InChI=1S/C14H28O2/c1-3-7-12(2)10-16-11-14(15)13-8-5-4-6-9-13/h12-15H,3-11H2,1-2H3. The van der Waals surface area contributed by atoms with Crippen molar-refractivity contribution in [3.05, 3.63) is 0 Å². The molecule has 0 bridgehead atoms. The van der Waals surface area contributed by atoms with Gasteiger partial charge in [-0.05, 0) is 31.1 Å². The lowest BCUT2D eigenvalue weighted by Crippen LogP contribution is -2.28. The van der Waals surface area contributed by atoms with E-state index in [-0.39, 0.29) is 6.10 Å². The Labute approximate surface area is 100 Å². The van der Waals surface area contributed by atoms with Crippen molar-refractivity contribution in [3.63, 3.8) is 0 Å². The molecule has 2 unspecified atom stereocenters. The Balaban J connectivity index is 2.07. The van der Waals surface area contributed by atoms with Gasteiger partial charge in [-0.2, -0.15) is 0 Å². The Morgan fingerprint density at radius 1 is 1.19 bits per heavy atom. The van der Waals surface area contributed by atoms with E-state index >= 15 is 0 Å². The van der Waals surface area contributed by atoms with Crippen molar-refractivity contribution < 1.29 is 9.84 Å². The van der Waals surface area contributed by atoms with Gasteiger partial charge in [-0.25, -0.2) is 0 Å². The third-order valence-electron chi connectivity index (χ3n) is 3.67. The van der Waals surface area contributed by atoms with Gasteiger partial charge in [0.1, 0.15) is 0 Å². The van der Waals surface area contributed by atoms with Crippen LogP contribution in [-0.4, -0.2) is 24.4 Å². The first kappa shape index (κ1) is 14.0. The predicted molar refractivity (Wildman–Crippen MR) is 67.5 cm³/mol. The van der Waals surface area contributed by atoms with Gasteiger partial charge in [0.15, 0.2) is 0 Å². The van der Waals surface area contributed by atoms with Crippen LogP contribution in [0.2, 0.25) is 0 Å². The zero-order valence-electron chi connectivity index (χ0n) is 11.0. The number of rotatable bonds is 7. The molecule has 0 spiro atoms. The summed E-state index contributed by atoms with van der Waals surface area (Å²) >= 11 is 0. The minimum atomic E-state index is -0.228. The summed E-state index contributed by atoms with van der Waals surface area (Å²) in [7, 11) is 0. The number of aliphatic hydroxyl groups is 1. The lowest BCUT2D eigenvalue weighted by Gasteiger charge is -2.26. The second-order valence-corrected chi connectivity index (χ2v) is 5.40. The fourth-order valence-electron chi connectivity index (χ4n) is 2.62. The number of hydrogen-bond acceptors (Lipinski definition) is 2. The Bertz CT molecular complexity index is 164. The van der Waals surface area contributed by atoms with Crippen LogP contribution in [0.25, 0.3) is 0 Å². The number of aliphatic hydroxyl groups excluding tert-OH is 1. The third-order valence-corrected chi connectivity index (χ3v) is 3.67. The predicted octanol–water partition coefficient (Wildman–Crippen LogP) is 3.38. The highest BCUT2D eigenvalue weighted by Crippen LogP contribution is 2.26. The summed E-state index contributed by atoms with van der Waals surface area (Å²) in [5.74, 6) is 1.12. The minimum Gasteiger partial charge on any atom is -0.390 e. The van der Waals surface area contributed by atoms with Crippen molar-refractivity contribution in [2.75, 3.05) is 13.2 Å². The van der Waals surface area contributed by atoms with Gasteiger partial charge in [-0.1, -0.05) is 39.5 Å². The quantitative estimate of drug-likeness (QED) is 0.724. The molecule has 1 saturated carbocycles. The van der Waals surface area contributed by atoms with E-state index in [1.54, 1.807) is 0 Å². The molecule has 2 nitrogen and oxygen atoms in total. The Hall–Kier alpha value is -0.0800. The summed E-state index contributed by atoms with van der Waals surface area (Å²) in [6.07, 6.45) is 8.51. The lowest BCUT2D eigenvalue weighted by atomic mass is 9.85. The normalized spacial score (nSPS) is 21.9. The molecule has 1 aliphatic rings. The van der Waals surface area contributed by atoms with Gasteiger partial charge < -0.3 is 9.84 Å². The summed E-state index contributed by atoms with van der Waals surface area (Å²) in [5.41, 5.74) is 0. The third kappa shape index (κ3) is 5.31. The zero-order valence-corrected chi connectivity index (χ0v) is 11.0. The highest BCUT2D eigenvalue weighted by molar-refractivity contribution is 4.72. The van der Waals surface area contributed by atoms with E-state index in [0.717, 1.165) is 6.61 Å². The van der Waals surface area contributed by atoms with E-state index in [2.05, 4.69) is 13.8 Å². The molecular weight excluding hydrogens is 200 g/mol. The largest absolute Gasteiger partial charge is 0.390 e. The molecule has 16 heavy (non-hydrogen) atoms. The van der Waals surface area contributed by atoms with Gasteiger partial charge in [0.25, 0.3) is 0 Å². The molecule has 0 saturated heterocycles. The molecule has 0 amide bonds. The van der Waals surface area contributed by atoms with Crippen LogP contribution in [0, 0.1) is 11.8 Å². The first-order valence-corrected chi connectivity index (χ1v) is 6.99. The van der Waals surface area contributed by atoms with Crippen LogP contribution in [0.4, 0.5) is 0 Å². The zero-order chi connectivity index (χ0) is 11.8. The molecule has 0 aromatic carbocycles.